The first-order valence-electron chi connectivity index (χ1n) is 9.24. The molecule has 6 heteroatoms. The maximum atomic E-state index is 12.8. The van der Waals surface area contributed by atoms with Crippen LogP contribution in [0.5, 0.6) is 0 Å². The third-order valence-corrected chi connectivity index (χ3v) is 6.15. The highest BCUT2D eigenvalue weighted by atomic mass is 32.2. The molecule has 5 nitrogen and oxygen atoms in total. The van der Waals surface area contributed by atoms with Gasteiger partial charge < -0.3 is 15.4 Å². The number of para-hydroxylation sites is 1. The van der Waals surface area contributed by atoms with E-state index in [2.05, 4.69) is 17.6 Å². The molecule has 26 heavy (non-hydrogen) atoms. The predicted molar refractivity (Wildman–Crippen MR) is 105 cm³/mol. The molecule has 1 saturated carbocycles. The van der Waals surface area contributed by atoms with E-state index >= 15 is 0 Å². The Bertz CT molecular complexity index is 717. The molecule has 140 valence electrons. The van der Waals surface area contributed by atoms with Crippen LogP contribution in [-0.4, -0.2) is 30.2 Å². The third kappa shape index (κ3) is 4.41. The van der Waals surface area contributed by atoms with Crippen LogP contribution in [0, 0.1) is 5.92 Å². The van der Waals surface area contributed by atoms with Crippen molar-refractivity contribution in [2.75, 3.05) is 17.7 Å². The monoisotopic (exact) mass is 374 g/mol. The van der Waals surface area contributed by atoms with Crippen molar-refractivity contribution in [1.82, 2.24) is 5.32 Å². The molecule has 0 unspecified atom stereocenters. The highest BCUT2D eigenvalue weighted by molar-refractivity contribution is 8.04. The van der Waals surface area contributed by atoms with Crippen LogP contribution in [0.25, 0.3) is 0 Å². The summed E-state index contributed by atoms with van der Waals surface area (Å²) in [6.07, 6.45) is 4.54. The van der Waals surface area contributed by atoms with Gasteiger partial charge in [0.05, 0.1) is 17.9 Å². The molecule has 1 fully saturated rings. The Balaban J connectivity index is 1.73. The van der Waals surface area contributed by atoms with E-state index in [0.29, 0.717) is 34.4 Å². The maximum absolute atomic E-state index is 12.8. The fourth-order valence-corrected chi connectivity index (χ4v) is 4.29. The number of amides is 2. The zero-order valence-electron chi connectivity index (χ0n) is 15.3. The van der Waals surface area contributed by atoms with Gasteiger partial charge in [-0.05, 0) is 37.8 Å². The van der Waals surface area contributed by atoms with Gasteiger partial charge in [-0.3, -0.25) is 9.59 Å². The van der Waals surface area contributed by atoms with Crippen LogP contribution >= 0.6 is 11.8 Å². The summed E-state index contributed by atoms with van der Waals surface area (Å²) in [4.78, 5) is 26.0. The molecule has 2 aliphatic rings. The smallest absolute Gasteiger partial charge is 0.265 e. The Morgan fingerprint density at radius 1 is 1.15 bits per heavy atom. The number of nitrogens with one attached hydrogen (secondary N) is 2. The highest BCUT2D eigenvalue weighted by Crippen LogP contribution is 2.28. The second kappa shape index (κ2) is 8.62. The summed E-state index contributed by atoms with van der Waals surface area (Å²) in [6, 6.07) is 7.36. The first kappa shape index (κ1) is 18.8. The van der Waals surface area contributed by atoms with Gasteiger partial charge in [-0.2, -0.15) is 0 Å². The molecule has 2 amide bonds. The molecule has 1 aliphatic carbocycles. The minimum Gasteiger partial charge on any atom is -0.496 e. The van der Waals surface area contributed by atoms with Gasteiger partial charge in [0, 0.05) is 11.8 Å². The van der Waals surface area contributed by atoms with Crippen molar-refractivity contribution in [3.8, 4) is 0 Å². The van der Waals surface area contributed by atoms with E-state index in [1.807, 2.05) is 12.1 Å². The van der Waals surface area contributed by atoms with Gasteiger partial charge in [-0.25, -0.2) is 0 Å². The van der Waals surface area contributed by atoms with Crippen LogP contribution in [0.3, 0.4) is 0 Å². The van der Waals surface area contributed by atoms with Crippen LogP contribution in [0.15, 0.2) is 34.9 Å². The number of carbonyl (C=O) groups excluding carboxylic acids is 2. The molecule has 0 saturated heterocycles. The molecule has 3 rings (SSSR count). The third-order valence-electron chi connectivity index (χ3n) is 5.02. The second-order valence-corrected chi connectivity index (χ2v) is 8.03. The minimum atomic E-state index is -0.224. The lowest BCUT2D eigenvalue weighted by Crippen LogP contribution is -2.41. The van der Waals surface area contributed by atoms with Crippen LogP contribution < -0.4 is 10.6 Å². The van der Waals surface area contributed by atoms with Gasteiger partial charge in [-0.1, -0.05) is 31.9 Å². The number of anilines is 1. The summed E-state index contributed by atoms with van der Waals surface area (Å²) >= 11 is 1.48. The van der Waals surface area contributed by atoms with E-state index in [1.165, 1.54) is 18.2 Å². The number of benzene rings is 1. The van der Waals surface area contributed by atoms with E-state index in [9.17, 15) is 9.59 Å². The highest BCUT2D eigenvalue weighted by Gasteiger charge is 2.25. The molecule has 0 spiro atoms. The average Bonchev–Trinajstić information content (AvgIpc) is 2.64. The van der Waals surface area contributed by atoms with E-state index in [0.717, 1.165) is 25.0 Å². The summed E-state index contributed by atoms with van der Waals surface area (Å²) in [5.41, 5.74) is 1.03. The first-order valence-corrected chi connectivity index (χ1v) is 10.2. The van der Waals surface area contributed by atoms with Crippen molar-refractivity contribution in [3.63, 3.8) is 0 Å². The minimum absolute atomic E-state index is 0.127. The molecule has 1 heterocycles. The van der Waals surface area contributed by atoms with Gasteiger partial charge >= 0.3 is 0 Å². The van der Waals surface area contributed by atoms with Gasteiger partial charge in [0.25, 0.3) is 11.8 Å². The van der Waals surface area contributed by atoms with Crippen molar-refractivity contribution >= 4 is 29.3 Å². The van der Waals surface area contributed by atoms with Crippen molar-refractivity contribution in [3.05, 3.63) is 40.5 Å². The normalized spacial score (nSPS) is 23.2. The molecule has 2 N–H and O–H groups in total. The lowest BCUT2D eigenvalue weighted by molar-refractivity contribution is -0.112. The molecule has 0 aromatic heterocycles. The average molecular weight is 375 g/mol. The van der Waals surface area contributed by atoms with Crippen molar-refractivity contribution in [2.24, 2.45) is 5.92 Å². The number of rotatable bonds is 4. The first-order chi connectivity index (χ1) is 12.6. The van der Waals surface area contributed by atoms with E-state index < -0.39 is 0 Å². The number of carbonyl (C=O) groups is 2. The Hall–Kier alpha value is -1.95. The fraction of sp³-hybridized carbons (Fsp3) is 0.500. The van der Waals surface area contributed by atoms with Gasteiger partial charge in [0.15, 0.2) is 0 Å². The Kier molecular flexibility index (Phi) is 6.25. The summed E-state index contributed by atoms with van der Waals surface area (Å²) < 4.78 is 5.46. The van der Waals surface area contributed by atoms with Crippen LogP contribution in [0.2, 0.25) is 0 Å². The molecule has 1 aromatic rings. The van der Waals surface area contributed by atoms with Crippen LogP contribution in [-0.2, 0) is 9.53 Å². The number of ether oxygens (including phenoxy) is 1. The topological polar surface area (TPSA) is 67.4 Å². The lowest BCUT2D eigenvalue weighted by Gasteiger charge is -2.29. The lowest BCUT2D eigenvalue weighted by atomic mass is 9.86. The van der Waals surface area contributed by atoms with Crippen molar-refractivity contribution < 1.29 is 14.3 Å². The Morgan fingerprint density at radius 2 is 1.92 bits per heavy atom. The van der Waals surface area contributed by atoms with E-state index in [-0.39, 0.29) is 17.9 Å². The second-order valence-electron chi connectivity index (χ2n) is 6.92. The predicted octanol–water partition coefficient (Wildman–Crippen LogP) is 3.93. The molecular formula is C20H26N2O3S. The summed E-state index contributed by atoms with van der Waals surface area (Å²) in [6.45, 7) is 4.60. The zero-order valence-corrected chi connectivity index (χ0v) is 16.2. The zero-order chi connectivity index (χ0) is 18.5. The summed E-state index contributed by atoms with van der Waals surface area (Å²) in [5.74, 6) is 1.52. The molecule has 1 aromatic carbocycles. The largest absolute Gasteiger partial charge is 0.496 e. The SMILES string of the molecule is CC1=C(C(=O)Nc2ccccc2C(=O)N[C@H]2CCCC[C@@H]2C)SCCO1. The van der Waals surface area contributed by atoms with E-state index in [1.54, 1.807) is 19.1 Å². The molecular weight excluding hydrogens is 348 g/mol. The molecule has 0 bridgehead atoms. The van der Waals surface area contributed by atoms with Gasteiger partial charge in [-0.15, -0.1) is 11.8 Å². The number of hydrogen-bond acceptors (Lipinski definition) is 4. The molecule has 0 radical (unpaired) electrons. The summed E-state index contributed by atoms with van der Waals surface area (Å²) in [5, 5.41) is 6.04. The van der Waals surface area contributed by atoms with Crippen LogP contribution in [0.1, 0.15) is 49.9 Å². The fourth-order valence-electron chi connectivity index (χ4n) is 3.48. The quantitative estimate of drug-likeness (QED) is 0.838. The summed E-state index contributed by atoms with van der Waals surface area (Å²) in [7, 11) is 0. The van der Waals surface area contributed by atoms with Crippen LogP contribution in [0.4, 0.5) is 5.69 Å². The van der Waals surface area contributed by atoms with E-state index in [4.69, 9.17) is 4.74 Å². The Morgan fingerprint density at radius 3 is 2.69 bits per heavy atom. The molecule has 2 atom stereocenters. The number of thioether (sulfide) groups is 1. The van der Waals surface area contributed by atoms with Gasteiger partial charge in [0.2, 0.25) is 0 Å². The standard InChI is InChI=1S/C20H26N2O3S/c1-13-7-3-5-9-16(13)21-19(23)15-8-4-6-10-17(15)22-20(24)18-14(2)25-11-12-26-18/h4,6,8,10,13,16H,3,5,7,9,11-12H2,1-2H3,(H,21,23)(H,22,24)/t13-,16-/m0/s1. The number of allylic oxidation sites excluding steroid dienone is 1. The van der Waals surface area contributed by atoms with Gasteiger partial charge in [0.1, 0.15) is 10.7 Å². The number of hydrogen-bond donors (Lipinski definition) is 2. The van der Waals surface area contributed by atoms with Crippen molar-refractivity contribution in [1.29, 1.82) is 0 Å². The maximum Gasteiger partial charge on any atom is 0.265 e. The van der Waals surface area contributed by atoms with Crippen molar-refractivity contribution in [2.45, 2.75) is 45.6 Å². The Labute approximate surface area is 158 Å². The molecule has 1 aliphatic heterocycles.